The molecule has 0 atom stereocenters. The molecule has 1 amide bonds. The minimum absolute atomic E-state index is 0.235. The van der Waals surface area contributed by atoms with E-state index in [4.69, 9.17) is 9.47 Å². The molecule has 0 radical (unpaired) electrons. The highest BCUT2D eigenvalue weighted by molar-refractivity contribution is 5.92. The highest BCUT2D eigenvalue weighted by Gasteiger charge is 2.19. The van der Waals surface area contributed by atoms with Gasteiger partial charge < -0.3 is 14.8 Å². The first-order valence-corrected chi connectivity index (χ1v) is 9.38. The number of hydrogen-bond acceptors (Lipinski definition) is 6. The van der Waals surface area contributed by atoms with Gasteiger partial charge in [0.25, 0.3) is 5.56 Å². The Balaban J connectivity index is 2.01. The molecule has 0 bridgehead atoms. The van der Waals surface area contributed by atoms with Crippen molar-refractivity contribution in [3.63, 3.8) is 0 Å². The van der Waals surface area contributed by atoms with Crippen LogP contribution in [-0.2, 0) is 11.3 Å². The maximum atomic E-state index is 13.0. The van der Waals surface area contributed by atoms with Gasteiger partial charge in [-0.1, -0.05) is 0 Å². The van der Waals surface area contributed by atoms with Crippen LogP contribution in [0.3, 0.4) is 0 Å². The van der Waals surface area contributed by atoms with Crippen molar-refractivity contribution in [1.82, 2.24) is 19.3 Å². The lowest BCUT2D eigenvalue weighted by Crippen LogP contribution is -2.33. The zero-order chi connectivity index (χ0) is 22.0. The van der Waals surface area contributed by atoms with Crippen LogP contribution in [-0.4, -0.2) is 39.5 Å². The number of aromatic nitrogens is 4. The third-order valence-electron chi connectivity index (χ3n) is 4.80. The number of rotatable bonds is 6. The molecule has 0 aliphatic heterocycles. The van der Waals surface area contributed by atoms with E-state index in [9.17, 15) is 9.59 Å². The Morgan fingerprint density at radius 1 is 1.10 bits per heavy atom. The number of methoxy groups -OCH3 is 2. The monoisotopic (exact) mass is 411 g/mol. The molecule has 0 spiro atoms. The summed E-state index contributed by atoms with van der Waals surface area (Å²) in [6.45, 7) is 6.94. The van der Waals surface area contributed by atoms with E-state index in [1.807, 2.05) is 19.9 Å². The van der Waals surface area contributed by atoms with Gasteiger partial charge in [0.2, 0.25) is 11.9 Å². The average Bonchev–Trinajstić information content (AvgIpc) is 3.05. The number of benzene rings is 1. The fraction of sp³-hybridized carbons (Fsp3) is 0.333. The molecule has 2 aromatic heterocycles. The zero-order valence-corrected chi connectivity index (χ0v) is 17.9. The fourth-order valence-electron chi connectivity index (χ4n) is 3.12. The number of hydrogen-bond donors (Lipinski definition) is 1. The van der Waals surface area contributed by atoms with Crippen molar-refractivity contribution in [1.29, 1.82) is 0 Å². The summed E-state index contributed by atoms with van der Waals surface area (Å²) in [5.74, 6) is 0.936. The number of anilines is 1. The fourth-order valence-corrected chi connectivity index (χ4v) is 3.12. The molecule has 0 saturated carbocycles. The van der Waals surface area contributed by atoms with E-state index in [0.29, 0.717) is 34.4 Å². The Hall–Kier alpha value is -3.62. The van der Waals surface area contributed by atoms with Gasteiger partial charge in [-0.2, -0.15) is 5.10 Å². The quantitative estimate of drug-likeness (QED) is 0.668. The smallest absolute Gasteiger partial charge is 0.258 e. The van der Waals surface area contributed by atoms with Gasteiger partial charge in [-0.3, -0.25) is 14.2 Å². The van der Waals surface area contributed by atoms with Gasteiger partial charge in [-0.05, 0) is 45.9 Å². The van der Waals surface area contributed by atoms with Gasteiger partial charge in [0.15, 0.2) is 0 Å². The molecule has 0 aliphatic carbocycles. The van der Waals surface area contributed by atoms with Crippen molar-refractivity contribution in [2.75, 3.05) is 19.5 Å². The van der Waals surface area contributed by atoms with Gasteiger partial charge in [0.05, 0.1) is 25.6 Å². The number of nitrogens with zero attached hydrogens (tertiary/aromatic N) is 4. The second-order valence-electron chi connectivity index (χ2n) is 6.97. The summed E-state index contributed by atoms with van der Waals surface area (Å²) in [6, 6.07) is 6.96. The number of amides is 1. The molecular formula is C21H25N5O4. The zero-order valence-electron chi connectivity index (χ0n) is 17.9. The van der Waals surface area contributed by atoms with Crippen LogP contribution in [0.15, 0.2) is 29.1 Å². The van der Waals surface area contributed by atoms with Crippen molar-refractivity contribution >= 4 is 11.6 Å². The van der Waals surface area contributed by atoms with Crippen molar-refractivity contribution in [3.05, 3.63) is 57.3 Å². The van der Waals surface area contributed by atoms with Crippen LogP contribution >= 0.6 is 0 Å². The largest absolute Gasteiger partial charge is 0.497 e. The van der Waals surface area contributed by atoms with Crippen LogP contribution in [0.1, 0.15) is 22.6 Å². The number of carbonyl (C=O) groups excluding carboxylic acids is 1. The van der Waals surface area contributed by atoms with Gasteiger partial charge >= 0.3 is 0 Å². The summed E-state index contributed by atoms with van der Waals surface area (Å²) in [4.78, 5) is 30.4. The molecule has 9 heteroatoms. The molecule has 0 aliphatic rings. The van der Waals surface area contributed by atoms with Crippen LogP contribution in [0.5, 0.6) is 11.5 Å². The first-order valence-electron chi connectivity index (χ1n) is 9.38. The van der Waals surface area contributed by atoms with Crippen LogP contribution in [0, 0.1) is 27.7 Å². The van der Waals surface area contributed by atoms with E-state index in [2.05, 4.69) is 15.4 Å². The SMILES string of the molecule is COc1ccc(OC)c(NC(=O)Cn2c(-n3nc(C)cc3C)nc(C)c(C)c2=O)c1. The van der Waals surface area contributed by atoms with Crippen molar-refractivity contribution in [2.45, 2.75) is 34.2 Å². The van der Waals surface area contributed by atoms with Gasteiger partial charge in [0.1, 0.15) is 18.0 Å². The minimum Gasteiger partial charge on any atom is -0.497 e. The molecule has 0 unspecified atom stereocenters. The molecular weight excluding hydrogens is 386 g/mol. The average molecular weight is 411 g/mol. The summed E-state index contributed by atoms with van der Waals surface area (Å²) in [6.07, 6.45) is 0. The Morgan fingerprint density at radius 3 is 2.43 bits per heavy atom. The summed E-state index contributed by atoms with van der Waals surface area (Å²) >= 11 is 0. The Morgan fingerprint density at radius 2 is 1.83 bits per heavy atom. The molecule has 1 N–H and O–H groups in total. The van der Waals surface area contributed by atoms with Gasteiger partial charge in [-0.25, -0.2) is 9.67 Å². The van der Waals surface area contributed by atoms with Crippen molar-refractivity contribution in [3.8, 4) is 17.4 Å². The maximum Gasteiger partial charge on any atom is 0.258 e. The number of nitrogens with one attached hydrogen (secondary N) is 1. The van der Waals surface area contributed by atoms with Gasteiger partial charge in [0, 0.05) is 23.0 Å². The Bertz CT molecular complexity index is 1160. The van der Waals surface area contributed by atoms with E-state index < -0.39 is 5.91 Å². The summed E-state index contributed by atoms with van der Waals surface area (Å²) in [5, 5.41) is 7.20. The molecule has 30 heavy (non-hydrogen) atoms. The first kappa shape index (κ1) is 21.1. The predicted molar refractivity (Wildman–Crippen MR) is 113 cm³/mol. The lowest BCUT2D eigenvalue weighted by atomic mass is 10.2. The lowest BCUT2D eigenvalue weighted by molar-refractivity contribution is -0.116. The highest BCUT2D eigenvalue weighted by Crippen LogP contribution is 2.28. The van der Waals surface area contributed by atoms with Crippen LogP contribution < -0.4 is 20.3 Å². The van der Waals surface area contributed by atoms with E-state index in [1.54, 1.807) is 36.7 Å². The van der Waals surface area contributed by atoms with E-state index in [1.165, 1.54) is 18.8 Å². The molecule has 9 nitrogen and oxygen atoms in total. The van der Waals surface area contributed by atoms with Crippen molar-refractivity contribution < 1.29 is 14.3 Å². The second-order valence-corrected chi connectivity index (χ2v) is 6.97. The summed E-state index contributed by atoms with van der Waals surface area (Å²) < 4.78 is 13.4. The maximum absolute atomic E-state index is 13.0. The highest BCUT2D eigenvalue weighted by atomic mass is 16.5. The molecule has 3 rings (SSSR count). The second kappa shape index (κ2) is 8.40. The number of carbonyl (C=O) groups is 1. The first-order chi connectivity index (χ1) is 14.2. The lowest BCUT2D eigenvalue weighted by Gasteiger charge is -2.16. The normalized spacial score (nSPS) is 10.7. The van der Waals surface area contributed by atoms with E-state index in [0.717, 1.165) is 11.4 Å². The van der Waals surface area contributed by atoms with E-state index >= 15 is 0 Å². The number of aryl methyl sites for hydroxylation is 3. The standard InChI is InChI=1S/C21H25N5O4/c1-12-9-13(2)26(24-12)21-22-15(4)14(3)20(28)25(21)11-19(27)23-17-10-16(29-5)7-8-18(17)30-6/h7-10H,11H2,1-6H3,(H,23,27). The van der Waals surface area contributed by atoms with Crippen LogP contribution in [0.2, 0.25) is 0 Å². The molecule has 1 aromatic carbocycles. The summed E-state index contributed by atoms with van der Waals surface area (Å²) in [7, 11) is 3.05. The Kier molecular flexibility index (Phi) is 5.91. The third-order valence-corrected chi connectivity index (χ3v) is 4.80. The molecule has 3 aromatic rings. The van der Waals surface area contributed by atoms with Crippen LogP contribution in [0.4, 0.5) is 5.69 Å². The topological polar surface area (TPSA) is 100 Å². The van der Waals surface area contributed by atoms with Crippen LogP contribution in [0.25, 0.3) is 5.95 Å². The molecule has 158 valence electrons. The minimum atomic E-state index is -0.406. The van der Waals surface area contributed by atoms with E-state index in [-0.39, 0.29) is 12.1 Å². The summed E-state index contributed by atoms with van der Waals surface area (Å²) in [5.41, 5.74) is 2.82. The third kappa shape index (κ3) is 4.05. The predicted octanol–water partition coefficient (Wildman–Crippen LogP) is 2.32. The Labute approximate surface area is 174 Å². The van der Waals surface area contributed by atoms with Gasteiger partial charge in [-0.15, -0.1) is 0 Å². The van der Waals surface area contributed by atoms with Crippen molar-refractivity contribution in [2.24, 2.45) is 0 Å². The number of ether oxygens (including phenoxy) is 2. The molecule has 0 fully saturated rings. The molecule has 2 heterocycles. The molecule has 0 saturated heterocycles.